The minimum absolute atomic E-state index is 0.219. The molecule has 4 saturated carbocycles. The molecule has 160 valence electrons. The van der Waals surface area contributed by atoms with Crippen LogP contribution in [-0.4, -0.2) is 31.2 Å². The minimum Gasteiger partial charge on any atom is -0.378 e. The molecule has 0 saturated heterocycles. The molecule has 4 aliphatic carbocycles. The molecular formula is C25H42O3. The summed E-state index contributed by atoms with van der Waals surface area (Å²) in [5.41, 5.74) is 0.560. The van der Waals surface area contributed by atoms with Crippen LogP contribution in [0.1, 0.15) is 91.9 Å². The van der Waals surface area contributed by atoms with Crippen molar-refractivity contribution in [3.63, 3.8) is 0 Å². The molecule has 0 N–H and O–H groups in total. The third kappa shape index (κ3) is 3.29. The second-order valence-electron chi connectivity index (χ2n) is 10.9. The normalized spacial score (nSPS) is 48.1. The molecule has 28 heavy (non-hydrogen) atoms. The predicted octanol–water partition coefficient (Wildman–Crippen LogP) is 5.80. The second-order valence-corrected chi connectivity index (χ2v) is 10.9. The monoisotopic (exact) mass is 390 g/mol. The Balaban J connectivity index is 1.52. The first-order valence-electron chi connectivity index (χ1n) is 12.2. The first kappa shape index (κ1) is 20.8. The van der Waals surface area contributed by atoms with Crippen LogP contribution in [0, 0.1) is 34.5 Å². The highest BCUT2D eigenvalue weighted by atomic mass is 16.5. The summed E-state index contributed by atoms with van der Waals surface area (Å²) in [4.78, 5) is 13.5. The van der Waals surface area contributed by atoms with Crippen molar-refractivity contribution in [1.29, 1.82) is 0 Å². The van der Waals surface area contributed by atoms with Gasteiger partial charge in [0, 0.05) is 25.6 Å². The van der Waals surface area contributed by atoms with E-state index >= 15 is 0 Å². The van der Waals surface area contributed by atoms with Gasteiger partial charge in [-0.05, 0) is 86.4 Å². The highest BCUT2D eigenvalue weighted by Crippen LogP contribution is 2.65. The van der Waals surface area contributed by atoms with E-state index in [4.69, 9.17) is 9.47 Å². The third-order valence-electron chi connectivity index (χ3n) is 9.42. The van der Waals surface area contributed by atoms with Crippen molar-refractivity contribution in [1.82, 2.24) is 0 Å². The van der Waals surface area contributed by atoms with Crippen molar-refractivity contribution in [3.8, 4) is 0 Å². The van der Waals surface area contributed by atoms with Crippen LogP contribution in [0.2, 0.25) is 0 Å². The van der Waals surface area contributed by atoms with E-state index in [1.807, 2.05) is 0 Å². The maximum absolute atomic E-state index is 13.5. The molecule has 0 aromatic rings. The Bertz CT molecular complexity index is 574. The van der Waals surface area contributed by atoms with Gasteiger partial charge in [0.25, 0.3) is 0 Å². The summed E-state index contributed by atoms with van der Waals surface area (Å²) in [5, 5.41) is 0. The summed E-state index contributed by atoms with van der Waals surface area (Å²) in [7, 11) is 0. The molecule has 0 radical (unpaired) electrons. The number of ketones is 1. The third-order valence-corrected chi connectivity index (χ3v) is 9.42. The zero-order valence-corrected chi connectivity index (χ0v) is 18.7. The second kappa shape index (κ2) is 8.02. The highest BCUT2D eigenvalue weighted by molar-refractivity contribution is 5.83. The van der Waals surface area contributed by atoms with Gasteiger partial charge in [-0.3, -0.25) is 4.79 Å². The Morgan fingerprint density at radius 2 is 1.57 bits per heavy atom. The van der Waals surface area contributed by atoms with E-state index in [-0.39, 0.29) is 5.41 Å². The molecule has 0 bridgehead atoms. The van der Waals surface area contributed by atoms with E-state index in [0.29, 0.717) is 47.1 Å². The largest absolute Gasteiger partial charge is 0.378 e. The lowest BCUT2D eigenvalue weighted by atomic mass is 9.45. The van der Waals surface area contributed by atoms with Gasteiger partial charge in [0.05, 0.1) is 12.2 Å². The molecule has 4 unspecified atom stereocenters. The molecule has 0 aromatic heterocycles. The van der Waals surface area contributed by atoms with Crippen LogP contribution in [-0.2, 0) is 14.3 Å². The number of fused-ring (bicyclic) bond motifs is 5. The summed E-state index contributed by atoms with van der Waals surface area (Å²) in [6.45, 7) is 11.1. The van der Waals surface area contributed by atoms with E-state index < -0.39 is 0 Å². The van der Waals surface area contributed by atoms with Crippen LogP contribution in [0.5, 0.6) is 0 Å². The van der Waals surface area contributed by atoms with Gasteiger partial charge in [-0.1, -0.05) is 27.7 Å². The van der Waals surface area contributed by atoms with Crippen molar-refractivity contribution in [2.24, 2.45) is 34.5 Å². The molecule has 4 rings (SSSR count). The molecule has 0 heterocycles. The first-order chi connectivity index (χ1) is 13.4. The Morgan fingerprint density at radius 1 is 0.893 bits per heavy atom. The van der Waals surface area contributed by atoms with Crippen LogP contribution in [0.25, 0.3) is 0 Å². The molecular weight excluding hydrogens is 348 g/mol. The lowest BCUT2D eigenvalue weighted by Crippen LogP contribution is -2.57. The quantitative estimate of drug-likeness (QED) is 0.575. The molecule has 0 aliphatic heterocycles. The summed E-state index contributed by atoms with van der Waals surface area (Å²) in [6.07, 6.45) is 12.1. The fourth-order valence-electron chi connectivity index (χ4n) is 7.81. The van der Waals surface area contributed by atoms with Gasteiger partial charge in [-0.25, -0.2) is 0 Å². The van der Waals surface area contributed by atoms with Crippen molar-refractivity contribution in [2.45, 2.75) is 104 Å². The zero-order valence-electron chi connectivity index (χ0n) is 18.7. The number of hydrogen-bond acceptors (Lipinski definition) is 3. The summed E-state index contributed by atoms with van der Waals surface area (Å²) >= 11 is 0. The Morgan fingerprint density at radius 3 is 2.32 bits per heavy atom. The standard InChI is InChI=1S/C25H42O3/c1-5-13-27-18-9-11-24(3)17(15-18)16-21(26)23-19-7-8-22(28-14-6-2)25(19,4)12-10-20(23)24/h17-20,22-23H,5-16H2,1-4H3/t17-,18?,19?,20?,22+,23?,24+,25+/m1/s1. The summed E-state index contributed by atoms with van der Waals surface area (Å²) < 4.78 is 12.4. The van der Waals surface area contributed by atoms with Gasteiger partial charge in [0.15, 0.2) is 0 Å². The number of carbonyl (C=O) groups excluding carboxylic acids is 1. The van der Waals surface area contributed by atoms with Gasteiger partial charge in [0.1, 0.15) is 5.78 Å². The summed E-state index contributed by atoms with van der Waals surface area (Å²) in [5.74, 6) is 2.55. The maximum Gasteiger partial charge on any atom is 0.136 e. The molecule has 3 heteroatoms. The number of carbonyl (C=O) groups is 1. The lowest BCUT2D eigenvalue weighted by Gasteiger charge is -2.60. The van der Waals surface area contributed by atoms with Crippen molar-refractivity contribution in [3.05, 3.63) is 0 Å². The maximum atomic E-state index is 13.5. The van der Waals surface area contributed by atoms with Gasteiger partial charge in [0.2, 0.25) is 0 Å². The van der Waals surface area contributed by atoms with E-state index in [2.05, 4.69) is 27.7 Å². The average Bonchev–Trinajstić information content (AvgIpc) is 3.01. The van der Waals surface area contributed by atoms with Crippen molar-refractivity contribution >= 4 is 5.78 Å². The summed E-state index contributed by atoms with van der Waals surface area (Å²) in [6, 6.07) is 0. The Labute approximate surface area is 172 Å². The van der Waals surface area contributed by atoms with Gasteiger partial charge < -0.3 is 9.47 Å². The van der Waals surface area contributed by atoms with E-state index in [1.54, 1.807) is 0 Å². The first-order valence-corrected chi connectivity index (χ1v) is 12.2. The molecule has 0 amide bonds. The van der Waals surface area contributed by atoms with Gasteiger partial charge in [-0.2, -0.15) is 0 Å². The topological polar surface area (TPSA) is 35.5 Å². The van der Waals surface area contributed by atoms with Crippen LogP contribution in [0.3, 0.4) is 0 Å². The van der Waals surface area contributed by atoms with Crippen molar-refractivity contribution < 1.29 is 14.3 Å². The average molecular weight is 391 g/mol. The van der Waals surface area contributed by atoms with Crippen molar-refractivity contribution in [2.75, 3.05) is 13.2 Å². The minimum atomic E-state index is 0.219. The number of ether oxygens (including phenoxy) is 2. The Kier molecular flexibility index (Phi) is 5.97. The highest BCUT2D eigenvalue weighted by Gasteiger charge is 2.63. The van der Waals surface area contributed by atoms with E-state index in [1.165, 1.54) is 32.1 Å². The SMILES string of the molecule is CCCOC1CC[C@]2(C)C3CC[C@@]4(C)C(CC[C@@H]4OCCC)C3C(=O)C[C@H]2C1. The predicted molar refractivity (Wildman–Crippen MR) is 112 cm³/mol. The number of hydrogen-bond donors (Lipinski definition) is 0. The fraction of sp³-hybridized carbons (Fsp3) is 0.960. The molecule has 3 nitrogen and oxygen atoms in total. The molecule has 4 fully saturated rings. The van der Waals surface area contributed by atoms with Crippen LogP contribution in [0.15, 0.2) is 0 Å². The Hall–Kier alpha value is -0.410. The number of Topliss-reactive ketones (excluding diaryl/α,β-unsaturated/α-hetero) is 1. The molecule has 8 atom stereocenters. The molecule has 0 aromatic carbocycles. The fourth-order valence-corrected chi connectivity index (χ4v) is 7.81. The zero-order chi connectivity index (χ0) is 19.9. The molecule has 0 spiro atoms. The number of rotatable bonds is 6. The van der Waals surface area contributed by atoms with E-state index in [0.717, 1.165) is 45.3 Å². The smallest absolute Gasteiger partial charge is 0.136 e. The van der Waals surface area contributed by atoms with Crippen LogP contribution < -0.4 is 0 Å². The van der Waals surface area contributed by atoms with Crippen LogP contribution >= 0.6 is 0 Å². The lowest BCUT2D eigenvalue weighted by molar-refractivity contribution is -0.166. The molecule has 4 aliphatic rings. The van der Waals surface area contributed by atoms with E-state index in [9.17, 15) is 4.79 Å². The van der Waals surface area contributed by atoms with Gasteiger partial charge >= 0.3 is 0 Å². The van der Waals surface area contributed by atoms with Gasteiger partial charge in [-0.15, -0.1) is 0 Å². The van der Waals surface area contributed by atoms with Crippen LogP contribution in [0.4, 0.5) is 0 Å².